The molecule has 1 aromatic carbocycles. The van der Waals surface area contributed by atoms with Crippen LogP contribution in [0.2, 0.25) is 0 Å². The van der Waals surface area contributed by atoms with Crippen LogP contribution >= 0.6 is 11.8 Å². The molecule has 0 aromatic heterocycles. The van der Waals surface area contributed by atoms with Crippen LogP contribution in [0, 0.1) is 0 Å². The third-order valence-electron chi connectivity index (χ3n) is 3.20. The maximum atomic E-state index is 11.7. The average molecular weight is 280 g/mol. The molecule has 1 saturated carbocycles. The number of carboxylic acid groups (broad SMARTS) is 1. The Bertz CT molecular complexity index is 483. The predicted octanol–water partition coefficient (Wildman–Crippen LogP) is 2.40. The fourth-order valence-electron chi connectivity index (χ4n) is 1.71. The number of carbonyl (C=O) groups excluding carboxylic acids is 1. The maximum absolute atomic E-state index is 11.7. The van der Waals surface area contributed by atoms with Crippen LogP contribution in [0.3, 0.4) is 0 Å². The van der Waals surface area contributed by atoms with Crippen molar-refractivity contribution in [2.75, 3.05) is 18.1 Å². The molecule has 5 nitrogen and oxygen atoms in total. The summed E-state index contributed by atoms with van der Waals surface area (Å²) in [6.07, 6.45) is 4.33. The number of aromatic carboxylic acids is 1. The monoisotopic (exact) mass is 280 g/mol. The highest BCUT2D eigenvalue weighted by atomic mass is 32.2. The van der Waals surface area contributed by atoms with Gasteiger partial charge in [-0.05, 0) is 43.4 Å². The molecule has 6 heteroatoms. The zero-order valence-corrected chi connectivity index (χ0v) is 11.4. The number of anilines is 1. The lowest BCUT2D eigenvalue weighted by Gasteiger charge is -2.13. The Balaban J connectivity index is 1.83. The zero-order chi connectivity index (χ0) is 13.9. The molecule has 1 aliphatic rings. The molecule has 2 rings (SSSR count). The normalized spacial score (nSPS) is 15.6. The van der Waals surface area contributed by atoms with Gasteiger partial charge >= 0.3 is 12.0 Å². The molecule has 0 atom stereocenters. The van der Waals surface area contributed by atoms with Crippen LogP contribution in [0.4, 0.5) is 10.5 Å². The fourth-order valence-corrected chi connectivity index (χ4v) is 2.43. The minimum Gasteiger partial charge on any atom is -0.478 e. The van der Waals surface area contributed by atoms with Gasteiger partial charge in [0.1, 0.15) is 0 Å². The van der Waals surface area contributed by atoms with E-state index in [4.69, 9.17) is 5.11 Å². The molecule has 0 bridgehead atoms. The van der Waals surface area contributed by atoms with E-state index in [1.807, 2.05) is 0 Å². The van der Waals surface area contributed by atoms with Gasteiger partial charge in [-0.2, -0.15) is 11.8 Å². The van der Waals surface area contributed by atoms with Crippen LogP contribution < -0.4 is 10.6 Å². The highest BCUT2D eigenvalue weighted by Gasteiger charge is 2.41. The summed E-state index contributed by atoms with van der Waals surface area (Å²) in [6.45, 7) is 0.660. The summed E-state index contributed by atoms with van der Waals surface area (Å²) in [5.74, 6) is -0.980. The number of nitrogens with one attached hydrogen (secondary N) is 2. The molecule has 0 heterocycles. The first-order valence-corrected chi connectivity index (χ1v) is 7.20. The van der Waals surface area contributed by atoms with Gasteiger partial charge in [0.25, 0.3) is 0 Å². The summed E-state index contributed by atoms with van der Waals surface area (Å²) in [5, 5.41) is 14.3. The minimum atomic E-state index is -0.980. The molecule has 2 amide bonds. The van der Waals surface area contributed by atoms with Gasteiger partial charge in [0.2, 0.25) is 0 Å². The molecule has 19 heavy (non-hydrogen) atoms. The van der Waals surface area contributed by atoms with E-state index in [1.165, 1.54) is 12.1 Å². The molecule has 0 unspecified atom stereocenters. The molecule has 1 aromatic rings. The van der Waals surface area contributed by atoms with Crippen molar-refractivity contribution in [3.05, 3.63) is 29.8 Å². The molecule has 0 saturated heterocycles. The number of benzene rings is 1. The predicted molar refractivity (Wildman–Crippen MR) is 75.9 cm³/mol. The maximum Gasteiger partial charge on any atom is 0.335 e. The van der Waals surface area contributed by atoms with Crippen LogP contribution in [0.1, 0.15) is 23.2 Å². The van der Waals surface area contributed by atoms with E-state index in [9.17, 15) is 9.59 Å². The molecule has 0 spiro atoms. The Hall–Kier alpha value is -1.69. The van der Waals surface area contributed by atoms with E-state index in [0.717, 1.165) is 12.8 Å². The fraction of sp³-hybridized carbons (Fsp3) is 0.385. The number of carboxylic acids is 1. The highest BCUT2D eigenvalue weighted by molar-refractivity contribution is 8.00. The first kappa shape index (κ1) is 13.7. The lowest BCUT2D eigenvalue weighted by Crippen LogP contribution is -2.35. The van der Waals surface area contributed by atoms with Crippen LogP contribution in [0.15, 0.2) is 24.3 Å². The van der Waals surface area contributed by atoms with Crippen molar-refractivity contribution in [1.82, 2.24) is 5.32 Å². The molecule has 0 radical (unpaired) electrons. The van der Waals surface area contributed by atoms with Gasteiger partial charge in [-0.3, -0.25) is 0 Å². The van der Waals surface area contributed by atoms with Gasteiger partial charge in [-0.25, -0.2) is 9.59 Å². The van der Waals surface area contributed by atoms with Crippen molar-refractivity contribution < 1.29 is 14.7 Å². The highest BCUT2D eigenvalue weighted by Crippen LogP contribution is 2.46. The minimum absolute atomic E-state index is 0.199. The Morgan fingerprint density at radius 2 is 1.95 bits per heavy atom. The van der Waals surface area contributed by atoms with Gasteiger partial charge in [0.15, 0.2) is 0 Å². The Morgan fingerprint density at radius 1 is 1.32 bits per heavy atom. The number of urea groups is 1. The number of hydrogen-bond acceptors (Lipinski definition) is 3. The molecule has 1 fully saturated rings. The van der Waals surface area contributed by atoms with Crippen LogP contribution in [0.5, 0.6) is 0 Å². The van der Waals surface area contributed by atoms with E-state index in [2.05, 4.69) is 16.9 Å². The number of amides is 2. The average Bonchev–Trinajstić information content (AvgIpc) is 3.18. The SMILES string of the molecule is CSC1(CNC(=O)Nc2ccc(C(=O)O)cc2)CC1. The van der Waals surface area contributed by atoms with Gasteiger partial charge in [0, 0.05) is 17.0 Å². The van der Waals surface area contributed by atoms with Gasteiger partial charge in [-0.15, -0.1) is 0 Å². The molecular weight excluding hydrogens is 264 g/mol. The Morgan fingerprint density at radius 3 is 2.42 bits per heavy atom. The van der Waals surface area contributed by atoms with Gasteiger partial charge in [-0.1, -0.05) is 0 Å². The molecule has 102 valence electrons. The summed E-state index contributed by atoms with van der Waals surface area (Å²) in [4.78, 5) is 22.4. The first-order valence-electron chi connectivity index (χ1n) is 5.98. The molecule has 3 N–H and O–H groups in total. The van der Waals surface area contributed by atoms with Gasteiger partial charge in [0.05, 0.1) is 5.56 Å². The molecule has 1 aliphatic carbocycles. The van der Waals surface area contributed by atoms with Crippen molar-refractivity contribution in [3.63, 3.8) is 0 Å². The second-order valence-corrected chi connectivity index (χ2v) is 5.85. The Kier molecular flexibility index (Phi) is 3.99. The summed E-state index contributed by atoms with van der Waals surface area (Å²) >= 11 is 1.78. The summed E-state index contributed by atoms with van der Waals surface area (Å²) in [6, 6.07) is 5.81. The summed E-state index contributed by atoms with van der Waals surface area (Å²) < 4.78 is 0.227. The van der Waals surface area contributed by atoms with Gasteiger partial charge < -0.3 is 15.7 Å². The molecular formula is C13H16N2O3S. The third kappa shape index (κ3) is 3.64. The van der Waals surface area contributed by atoms with E-state index in [0.29, 0.717) is 12.2 Å². The summed E-state index contributed by atoms with van der Waals surface area (Å²) in [5.41, 5.74) is 0.779. The van der Waals surface area contributed by atoms with E-state index < -0.39 is 5.97 Å². The zero-order valence-electron chi connectivity index (χ0n) is 10.6. The van der Waals surface area contributed by atoms with Crippen LogP contribution in [-0.2, 0) is 0 Å². The topological polar surface area (TPSA) is 78.4 Å². The molecule has 0 aliphatic heterocycles. The van der Waals surface area contributed by atoms with Crippen molar-refractivity contribution >= 4 is 29.4 Å². The second-order valence-electron chi connectivity index (χ2n) is 4.58. The van der Waals surface area contributed by atoms with Crippen molar-refractivity contribution in [2.24, 2.45) is 0 Å². The lowest BCUT2D eigenvalue weighted by atomic mass is 10.2. The largest absolute Gasteiger partial charge is 0.478 e. The first-order chi connectivity index (χ1) is 9.04. The van der Waals surface area contributed by atoms with Crippen molar-refractivity contribution in [1.29, 1.82) is 0 Å². The second kappa shape index (κ2) is 5.52. The van der Waals surface area contributed by atoms with Crippen LogP contribution in [0.25, 0.3) is 0 Å². The van der Waals surface area contributed by atoms with E-state index in [-0.39, 0.29) is 16.3 Å². The smallest absolute Gasteiger partial charge is 0.335 e. The number of thioether (sulfide) groups is 1. The quantitative estimate of drug-likeness (QED) is 0.774. The Labute approximate surface area is 115 Å². The van der Waals surface area contributed by atoms with E-state index in [1.54, 1.807) is 23.9 Å². The van der Waals surface area contributed by atoms with Crippen molar-refractivity contribution in [3.8, 4) is 0 Å². The number of hydrogen-bond donors (Lipinski definition) is 3. The third-order valence-corrected chi connectivity index (χ3v) is 4.62. The summed E-state index contributed by atoms with van der Waals surface area (Å²) in [7, 11) is 0. The number of rotatable bonds is 5. The van der Waals surface area contributed by atoms with Crippen molar-refractivity contribution in [2.45, 2.75) is 17.6 Å². The standard InChI is InChI=1S/C13H16N2O3S/c1-19-13(6-7-13)8-14-12(18)15-10-4-2-9(3-5-10)11(16)17/h2-5H,6-8H2,1H3,(H,16,17)(H2,14,15,18). The van der Waals surface area contributed by atoms with E-state index >= 15 is 0 Å². The van der Waals surface area contributed by atoms with Crippen LogP contribution in [-0.4, -0.2) is 34.7 Å². The lowest BCUT2D eigenvalue weighted by molar-refractivity contribution is 0.0697. The number of carbonyl (C=O) groups is 2.